The molecule has 1 aliphatic heterocycles. The maximum absolute atomic E-state index is 13.0. The van der Waals surface area contributed by atoms with Crippen LogP contribution in [-0.2, 0) is 16.8 Å². The van der Waals surface area contributed by atoms with Crippen LogP contribution in [0, 0.1) is 28.6 Å². The van der Waals surface area contributed by atoms with Crippen LogP contribution >= 0.6 is 0 Å². The number of benzene rings is 1. The molecule has 3 rings (SSSR count). The summed E-state index contributed by atoms with van der Waals surface area (Å²) in [5, 5.41) is 20.8. The average Bonchev–Trinajstić information content (AvgIpc) is 2.83. The number of hydrogen-bond donors (Lipinski definition) is 1. The van der Waals surface area contributed by atoms with Crippen molar-refractivity contribution >= 4 is 11.9 Å². The molecule has 1 spiro atoms. The maximum Gasteiger partial charge on any atom is 0.325 e. The third-order valence-electron chi connectivity index (χ3n) is 4.84. The molecule has 1 aliphatic carbocycles. The van der Waals surface area contributed by atoms with Crippen LogP contribution in [0.25, 0.3) is 0 Å². The molecular weight excluding hydrogens is 304 g/mol. The second-order valence-electron chi connectivity index (χ2n) is 6.28. The largest absolute Gasteiger partial charge is 0.325 e. The van der Waals surface area contributed by atoms with E-state index in [-0.39, 0.29) is 18.9 Å². The molecule has 122 valence electrons. The molecule has 1 aromatic rings. The first-order chi connectivity index (χ1) is 11.6. The fraction of sp³-hybridized carbons (Fsp3) is 0.444. The number of urea groups is 1. The monoisotopic (exact) mass is 322 g/mol. The Morgan fingerprint density at radius 3 is 2.83 bits per heavy atom. The van der Waals surface area contributed by atoms with Crippen molar-refractivity contribution < 1.29 is 9.59 Å². The Kier molecular flexibility index (Phi) is 4.22. The minimum Gasteiger partial charge on any atom is -0.319 e. The van der Waals surface area contributed by atoms with Gasteiger partial charge in [-0.15, -0.1) is 0 Å². The van der Waals surface area contributed by atoms with Crippen LogP contribution < -0.4 is 5.32 Å². The van der Waals surface area contributed by atoms with Gasteiger partial charge in [0.15, 0.2) is 0 Å². The summed E-state index contributed by atoms with van der Waals surface area (Å²) in [7, 11) is 0. The molecule has 2 aliphatic rings. The highest BCUT2D eigenvalue weighted by atomic mass is 16.2. The number of nitriles is 2. The van der Waals surface area contributed by atoms with E-state index in [0.717, 1.165) is 28.9 Å². The zero-order valence-corrected chi connectivity index (χ0v) is 13.3. The number of nitrogens with one attached hydrogen (secondary N) is 1. The molecule has 6 heteroatoms. The van der Waals surface area contributed by atoms with Crippen LogP contribution in [0.15, 0.2) is 24.3 Å². The van der Waals surface area contributed by atoms with Gasteiger partial charge in [0.05, 0.1) is 18.1 Å². The Bertz CT molecular complexity index is 761. The van der Waals surface area contributed by atoms with Gasteiger partial charge in [-0.05, 0) is 36.8 Å². The zero-order chi connectivity index (χ0) is 17.2. The summed E-state index contributed by atoms with van der Waals surface area (Å²) >= 11 is 0. The van der Waals surface area contributed by atoms with E-state index in [1.54, 1.807) is 0 Å². The Balaban J connectivity index is 1.88. The number of carbonyl (C=O) groups excluding carboxylic acids is 2. The molecule has 24 heavy (non-hydrogen) atoms. The number of amides is 3. The molecule has 6 nitrogen and oxygen atoms in total. The number of rotatable bonds is 4. The molecule has 3 amide bonds. The minimum absolute atomic E-state index is 0.0345. The van der Waals surface area contributed by atoms with E-state index in [1.807, 2.05) is 30.3 Å². The lowest BCUT2D eigenvalue weighted by atomic mass is 9.76. The summed E-state index contributed by atoms with van der Waals surface area (Å²) in [6, 6.07) is 11.3. The third-order valence-corrected chi connectivity index (χ3v) is 4.84. The second kappa shape index (κ2) is 6.33. The molecule has 1 fully saturated rings. The molecule has 1 aromatic carbocycles. The first-order valence-corrected chi connectivity index (χ1v) is 8.11. The zero-order valence-electron chi connectivity index (χ0n) is 13.3. The highest BCUT2D eigenvalue weighted by molar-refractivity contribution is 6.07. The van der Waals surface area contributed by atoms with Crippen molar-refractivity contribution in [1.29, 1.82) is 10.5 Å². The normalized spacial score (nSPS) is 23.3. The summed E-state index contributed by atoms with van der Waals surface area (Å²) in [5.41, 5.74) is 0.949. The smallest absolute Gasteiger partial charge is 0.319 e. The van der Waals surface area contributed by atoms with Crippen molar-refractivity contribution in [2.24, 2.45) is 5.92 Å². The molecule has 1 saturated heterocycles. The molecule has 1 heterocycles. The maximum atomic E-state index is 13.0. The third kappa shape index (κ3) is 2.51. The molecule has 0 saturated carbocycles. The molecule has 0 aromatic heterocycles. The van der Waals surface area contributed by atoms with Crippen LogP contribution in [0.3, 0.4) is 0 Å². The Hall–Kier alpha value is -2.86. The van der Waals surface area contributed by atoms with E-state index in [2.05, 4.69) is 11.4 Å². The summed E-state index contributed by atoms with van der Waals surface area (Å²) in [6.07, 6.45) is 2.88. The molecule has 1 N–H and O–H groups in total. The fourth-order valence-corrected chi connectivity index (χ4v) is 3.63. The standard InChI is InChI=1S/C18H18N4O2/c19-10-4-5-13(11-20)12-22-16(23)18(21-17(22)24)9-3-7-14-6-1-2-8-15(14)18/h1-2,6,8,13H,3-5,7,9,12H2,(H,21,24)/t13-,18-/m0/s1. The van der Waals surface area contributed by atoms with Crippen molar-refractivity contribution in [2.75, 3.05) is 6.54 Å². The molecule has 0 unspecified atom stereocenters. The van der Waals surface area contributed by atoms with Gasteiger partial charge < -0.3 is 5.32 Å². The highest BCUT2D eigenvalue weighted by Gasteiger charge is 2.54. The highest BCUT2D eigenvalue weighted by Crippen LogP contribution is 2.40. The number of carbonyl (C=O) groups is 2. The lowest BCUT2D eigenvalue weighted by Gasteiger charge is -2.33. The van der Waals surface area contributed by atoms with Gasteiger partial charge >= 0.3 is 6.03 Å². The molecule has 2 atom stereocenters. The Morgan fingerprint density at radius 1 is 1.29 bits per heavy atom. The second-order valence-corrected chi connectivity index (χ2v) is 6.28. The van der Waals surface area contributed by atoms with E-state index in [9.17, 15) is 14.9 Å². The van der Waals surface area contributed by atoms with Crippen LogP contribution in [0.4, 0.5) is 4.79 Å². The van der Waals surface area contributed by atoms with E-state index in [1.165, 1.54) is 0 Å². The number of nitrogens with zero attached hydrogens (tertiary/aromatic N) is 3. The van der Waals surface area contributed by atoms with Gasteiger partial charge in [0, 0.05) is 13.0 Å². The Labute approximate surface area is 140 Å². The van der Waals surface area contributed by atoms with Gasteiger partial charge in [0.1, 0.15) is 5.54 Å². The van der Waals surface area contributed by atoms with Gasteiger partial charge in [-0.1, -0.05) is 24.3 Å². The van der Waals surface area contributed by atoms with E-state index < -0.39 is 17.5 Å². The summed E-state index contributed by atoms with van der Waals surface area (Å²) < 4.78 is 0. The molecule has 0 bridgehead atoms. The molecular formula is C18H18N4O2. The van der Waals surface area contributed by atoms with Crippen molar-refractivity contribution in [3.05, 3.63) is 35.4 Å². The van der Waals surface area contributed by atoms with Gasteiger partial charge in [0.25, 0.3) is 5.91 Å². The number of aryl methyl sites for hydroxylation is 1. The van der Waals surface area contributed by atoms with Crippen molar-refractivity contribution in [2.45, 2.75) is 37.6 Å². The summed E-state index contributed by atoms with van der Waals surface area (Å²) in [4.78, 5) is 26.6. The minimum atomic E-state index is -0.999. The topological polar surface area (TPSA) is 97.0 Å². The summed E-state index contributed by atoms with van der Waals surface area (Å²) in [6.45, 7) is 0.0345. The summed E-state index contributed by atoms with van der Waals surface area (Å²) in [5.74, 6) is -0.801. The SMILES string of the molecule is N#CCC[C@@H](C#N)CN1C(=O)N[C@]2(CCCc3ccccc32)C1=O. The Morgan fingerprint density at radius 2 is 2.08 bits per heavy atom. The first-order valence-electron chi connectivity index (χ1n) is 8.11. The van der Waals surface area contributed by atoms with Crippen molar-refractivity contribution in [3.8, 4) is 12.1 Å². The lowest BCUT2D eigenvalue weighted by molar-refractivity contribution is -0.132. The van der Waals surface area contributed by atoms with Crippen LogP contribution in [0.5, 0.6) is 0 Å². The predicted octanol–water partition coefficient (Wildman–Crippen LogP) is 2.21. The van der Waals surface area contributed by atoms with Crippen LogP contribution in [-0.4, -0.2) is 23.4 Å². The van der Waals surface area contributed by atoms with Gasteiger partial charge in [-0.25, -0.2) is 4.79 Å². The van der Waals surface area contributed by atoms with E-state index in [4.69, 9.17) is 5.26 Å². The van der Waals surface area contributed by atoms with Crippen molar-refractivity contribution in [1.82, 2.24) is 10.2 Å². The fourth-order valence-electron chi connectivity index (χ4n) is 3.63. The predicted molar refractivity (Wildman–Crippen MR) is 85.3 cm³/mol. The van der Waals surface area contributed by atoms with Crippen LogP contribution in [0.2, 0.25) is 0 Å². The molecule has 0 radical (unpaired) electrons. The number of imide groups is 1. The lowest BCUT2D eigenvalue weighted by Crippen LogP contribution is -2.46. The van der Waals surface area contributed by atoms with E-state index in [0.29, 0.717) is 12.8 Å². The van der Waals surface area contributed by atoms with Gasteiger partial charge in [0.2, 0.25) is 0 Å². The van der Waals surface area contributed by atoms with E-state index >= 15 is 0 Å². The quantitative estimate of drug-likeness (QED) is 0.859. The number of fused-ring (bicyclic) bond motifs is 2. The number of hydrogen-bond acceptors (Lipinski definition) is 4. The van der Waals surface area contributed by atoms with Gasteiger partial charge in [-0.2, -0.15) is 10.5 Å². The van der Waals surface area contributed by atoms with Crippen LogP contribution in [0.1, 0.15) is 36.8 Å². The first kappa shape index (κ1) is 16.0. The average molecular weight is 322 g/mol. The van der Waals surface area contributed by atoms with Gasteiger partial charge in [-0.3, -0.25) is 9.69 Å². The van der Waals surface area contributed by atoms with Crippen molar-refractivity contribution in [3.63, 3.8) is 0 Å².